The molecule has 2 aromatic heterocycles. The van der Waals surface area contributed by atoms with Crippen molar-refractivity contribution in [2.75, 3.05) is 25.1 Å². The van der Waals surface area contributed by atoms with E-state index in [0.717, 1.165) is 60.3 Å². The fourth-order valence-electron chi connectivity index (χ4n) is 3.46. The van der Waals surface area contributed by atoms with E-state index < -0.39 is 0 Å². The summed E-state index contributed by atoms with van der Waals surface area (Å²) in [6, 6.07) is 9.80. The van der Waals surface area contributed by atoms with Crippen LogP contribution >= 0.6 is 0 Å². The van der Waals surface area contributed by atoms with Crippen LogP contribution in [-0.2, 0) is 6.42 Å². The summed E-state index contributed by atoms with van der Waals surface area (Å²) in [5.74, 6) is 3.39. The molecule has 1 N–H and O–H groups in total. The highest BCUT2D eigenvalue weighted by molar-refractivity contribution is 5.68. The van der Waals surface area contributed by atoms with Gasteiger partial charge in [-0.3, -0.25) is 0 Å². The standard InChI is InChI=1S/C19H19N3O3/c1-2-8-20-19-14(4-1)18(16-5-3-9-23-16)21-22(19)13-6-7-15-17(12-13)25-11-10-24-15/h3,5-7,9,12,20H,1-2,4,8,10-11H2. The Morgan fingerprint density at radius 1 is 1.04 bits per heavy atom. The Morgan fingerprint density at radius 3 is 2.84 bits per heavy atom. The molecule has 25 heavy (non-hydrogen) atoms. The molecule has 0 aliphatic carbocycles. The van der Waals surface area contributed by atoms with Gasteiger partial charge in [0.2, 0.25) is 0 Å². The van der Waals surface area contributed by atoms with Crippen LogP contribution in [0.15, 0.2) is 41.0 Å². The van der Waals surface area contributed by atoms with Gasteiger partial charge in [-0.15, -0.1) is 0 Å². The molecule has 6 nitrogen and oxygen atoms in total. The van der Waals surface area contributed by atoms with Crippen molar-refractivity contribution < 1.29 is 13.9 Å². The van der Waals surface area contributed by atoms with Crippen LogP contribution in [-0.4, -0.2) is 29.5 Å². The lowest BCUT2D eigenvalue weighted by molar-refractivity contribution is 0.171. The predicted molar refractivity (Wildman–Crippen MR) is 93.7 cm³/mol. The molecular formula is C19H19N3O3. The van der Waals surface area contributed by atoms with Crippen LogP contribution < -0.4 is 14.8 Å². The maximum Gasteiger partial charge on any atom is 0.163 e. The summed E-state index contributed by atoms with van der Waals surface area (Å²) in [7, 11) is 0. The second kappa shape index (κ2) is 5.88. The molecule has 6 heteroatoms. The summed E-state index contributed by atoms with van der Waals surface area (Å²) in [6.07, 6.45) is 4.96. The normalized spacial score (nSPS) is 16.0. The quantitative estimate of drug-likeness (QED) is 0.773. The highest BCUT2D eigenvalue weighted by atomic mass is 16.6. The predicted octanol–water partition coefficient (Wildman–Crippen LogP) is 3.65. The molecule has 0 spiro atoms. The Balaban J connectivity index is 1.66. The first kappa shape index (κ1) is 14.5. The summed E-state index contributed by atoms with van der Waals surface area (Å²) >= 11 is 0. The van der Waals surface area contributed by atoms with E-state index in [1.54, 1.807) is 6.26 Å². The number of nitrogens with one attached hydrogen (secondary N) is 1. The van der Waals surface area contributed by atoms with Crippen molar-refractivity contribution >= 4 is 5.82 Å². The lowest BCUT2D eigenvalue weighted by atomic mass is 10.1. The SMILES string of the molecule is c1coc(-c2nn(-c3ccc4c(c3)OCCO4)c3c2CCCCN3)c1. The van der Waals surface area contributed by atoms with Gasteiger partial charge in [0, 0.05) is 18.2 Å². The van der Waals surface area contributed by atoms with Gasteiger partial charge in [-0.05, 0) is 43.5 Å². The van der Waals surface area contributed by atoms with Crippen molar-refractivity contribution in [1.29, 1.82) is 0 Å². The Bertz CT molecular complexity index is 899. The topological polar surface area (TPSA) is 61.5 Å². The summed E-state index contributed by atoms with van der Waals surface area (Å²) in [4.78, 5) is 0. The fourth-order valence-corrected chi connectivity index (χ4v) is 3.46. The van der Waals surface area contributed by atoms with Crippen LogP contribution in [0.5, 0.6) is 11.5 Å². The summed E-state index contributed by atoms with van der Waals surface area (Å²) in [5, 5.41) is 8.40. The van der Waals surface area contributed by atoms with Crippen LogP contribution in [0.4, 0.5) is 5.82 Å². The lowest BCUT2D eigenvalue weighted by Gasteiger charge is -2.19. The molecule has 2 aliphatic rings. The zero-order chi connectivity index (χ0) is 16.6. The minimum absolute atomic E-state index is 0.573. The molecule has 0 unspecified atom stereocenters. The Morgan fingerprint density at radius 2 is 1.96 bits per heavy atom. The van der Waals surface area contributed by atoms with Gasteiger partial charge in [-0.2, -0.15) is 5.10 Å². The molecule has 3 aromatic rings. The van der Waals surface area contributed by atoms with Crippen LogP contribution in [0.25, 0.3) is 17.1 Å². The van der Waals surface area contributed by atoms with Crippen molar-refractivity contribution in [1.82, 2.24) is 9.78 Å². The number of nitrogens with zero attached hydrogens (tertiary/aromatic N) is 2. The van der Waals surface area contributed by atoms with Crippen molar-refractivity contribution in [3.63, 3.8) is 0 Å². The average Bonchev–Trinajstić information content (AvgIpc) is 3.23. The number of ether oxygens (including phenoxy) is 2. The van der Waals surface area contributed by atoms with E-state index in [9.17, 15) is 0 Å². The second-order valence-electron chi connectivity index (χ2n) is 6.28. The zero-order valence-electron chi connectivity index (χ0n) is 13.8. The minimum atomic E-state index is 0.573. The molecule has 0 radical (unpaired) electrons. The van der Waals surface area contributed by atoms with Crippen molar-refractivity contribution in [2.45, 2.75) is 19.3 Å². The van der Waals surface area contributed by atoms with E-state index in [1.807, 2.05) is 35.0 Å². The van der Waals surface area contributed by atoms with E-state index in [0.29, 0.717) is 13.2 Å². The summed E-state index contributed by atoms with van der Waals surface area (Å²) in [6.45, 7) is 2.11. The van der Waals surface area contributed by atoms with E-state index in [4.69, 9.17) is 19.0 Å². The fraction of sp³-hybridized carbons (Fsp3) is 0.316. The largest absolute Gasteiger partial charge is 0.486 e. The molecule has 128 valence electrons. The van der Waals surface area contributed by atoms with Gasteiger partial charge >= 0.3 is 0 Å². The minimum Gasteiger partial charge on any atom is -0.486 e. The van der Waals surface area contributed by atoms with Gasteiger partial charge < -0.3 is 19.2 Å². The smallest absolute Gasteiger partial charge is 0.163 e. The molecule has 2 aliphatic heterocycles. The van der Waals surface area contributed by atoms with Crippen LogP contribution in [0.2, 0.25) is 0 Å². The first-order valence-corrected chi connectivity index (χ1v) is 8.70. The van der Waals surface area contributed by atoms with E-state index in [-0.39, 0.29) is 0 Å². The zero-order valence-corrected chi connectivity index (χ0v) is 13.8. The maximum absolute atomic E-state index is 5.73. The highest BCUT2D eigenvalue weighted by Crippen LogP contribution is 2.37. The number of benzene rings is 1. The van der Waals surface area contributed by atoms with Crippen LogP contribution in [0.1, 0.15) is 18.4 Å². The van der Waals surface area contributed by atoms with Gasteiger partial charge in [0.05, 0.1) is 12.0 Å². The average molecular weight is 337 g/mol. The molecule has 0 saturated carbocycles. The first-order chi connectivity index (χ1) is 12.4. The second-order valence-corrected chi connectivity index (χ2v) is 6.28. The van der Waals surface area contributed by atoms with Crippen molar-refractivity contribution in [2.24, 2.45) is 0 Å². The molecule has 0 atom stereocenters. The number of furan rings is 1. The number of hydrogen-bond donors (Lipinski definition) is 1. The third-order valence-electron chi connectivity index (χ3n) is 4.65. The third kappa shape index (κ3) is 2.45. The molecule has 0 amide bonds. The molecule has 1 aromatic carbocycles. The molecule has 0 saturated heterocycles. The monoisotopic (exact) mass is 337 g/mol. The Hall–Kier alpha value is -2.89. The molecule has 0 fully saturated rings. The number of aromatic nitrogens is 2. The van der Waals surface area contributed by atoms with E-state index in [1.165, 1.54) is 5.56 Å². The summed E-state index contributed by atoms with van der Waals surface area (Å²) in [5.41, 5.74) is 3.07. The van der Waals surface area contributed by atoms with Crippen LogP contribution in [0, 0.1) is 0 Å². The lowest BCUT2D eigenvalue weighted by Crippen LogP contribution is -2.15. The van der Waals surface area contributed by atoms with Gasteiger partial charge in [0.15, 0.2) is 17.3 Å². The Kier molecular flexibility index (Phi) is 3.40. The summed E-state index contributed by atoms with van der Waals surface area (Å²) < 4.78 is 18.9. The van der Waals surface area contributed by atoms with Gasteiger partial charge in [-0.25, -0.2) is 4.68 Å². The number of hydrogen-bond acceptors (Lipinski definition) is 5. The van der Waals surface area contributed by atoms with Crippen molar-refractivity contribution in [3.8, 4) is 28.6 Å². The third-order valence-corrected chi connectivity index (χ3v) is 4.65. The maximum atomic E-state index is 5.73. The molecular weight excluding hydrogens is 318 g/mol. The van der Waals surface area contributed by atoms with Crippen LogP contribution in [0.3, 0.4) is 0 Å². The number of fused-ring (bicyclic) bond motifs is 2. The number of anilines is 1. The van der Waals surface area contributed by atoms with E-state index in [2.05, 4.69) is 5.32 Å². The number of rotatable bonds is 2. The highest BCUT2D eigenvalue weighted by Gasteiger charge is 2.24. The Labute approximate surface area is 145 Å². The molecule has 0 bridgehead atoms. The first-order valence-electron chi connectivity index (χ1n) is 8.70. The molecule has 5 rings (SSSR count). The molecule has 4 heterocycles. The van der Waals surface area contributed by atoms with Crippen molar-refractivity contribution in [3.05, 3.63) is 42.2 Å². The van der Waals surface area contributed by atoms with E-state index >= 15 is 0 Å². The van der Waals surface area contributed by atoms with Gasteiger partial charge in [0.25, 0.3) is 0 Å². The van der Waals surface area contributed by atoms with Gasteiger partial charge in [0.1, 0.15) is 24.7 Å². The van der Waals surface area contributed by atoms with Gasteiger partial charge in [-0.1, -0.05) is 0 Å².